The Morgan fingerprint density at radius 3 is 2.00 bits per heavy atom. The maximum absolute atomic E-state index is 9.68. The predicted octanol–water partition coefficient (Wildman–Crippen LogP) is 1.55. The van der Waals surface area contributed by atoms with Crippen LogP contribution in [0.1, 0.15) is 0 Å². The summed E-state index contributed by atoms with van der Waals surface area (Å²) < 4.78 is 31.0. The van der Waals surface area contributed by atoms with Crippen molar-refractivity contribution in [3.63, 3.8) is 0 Å². The van der Waals surface area contributed by atoms with Gasteiger partial charge in [0.1, 0.15) is 5.75 Å². The fraction of sp³-hybridized carbons (Fsp3) is 0.111. The number of hydrogen-bond donors (Lipinski definition) is 3. The van der Waals surface area contributed by atoms with Crippen molar-refractivity contribution >= 4 is 10.4 Å². The molecular formula is C9H15NO5S. The van der Waals surface area contributed by atoms with E-state index in [2.05, 4.69) is 10.8 Å². The molecule has 0 unspecified atom stereocenters. The quantitative estimate of drug-likeness (QED) is 0.552. The fourth-order valence-corrected chi connectivity index (χ4v) is 0.830. The molecule has 0 amide bonds. The minimum Gasteiger partial charge on any atom is -0.508 e. The maximum Gasteiger partial charge on any atom is 0.397 e. The summed E-state index contributed by atoms with van der Waals surface area (Å²) in [6.45, 7) is 2.97. The van der Waals surface area contributed by atoms with E-state index >= 15 is 0 Å². The van der Waals surface area contributed by atoms with E-state index in [0.29, 0.717) is 5.75 Å². The number of para-hydroxylation sites is 1. The van der Waals surface area contributed by atoms with Gasteiger partial charge in [0, 0.05) is 0 Å². The van der Waals surface area contributed by atoms with Gasteiger partial charge < -0.3 is 11.3 Å². The summed E-state index contributed by atoms with van der Waals surface area (Å²) in [6, 6.07) is 8.71. The Hall–Kier alpha value is -1.41. The molecule has 0 aliphatic carbocycles. The molecule has 6 nitrogen and oxygen atoms in total. The van der Waals surface area contributed by atoms with Gasteiger partial charge in [-0.1, -0.05) is 24.3 Å². The van der Waals surface area contributed by atoms with Crippen LogP contribution in [0.25, 0.3) is 0 Å². The van der Waals surface area contributed by atoms with E-state index in [1.165, 1.54) is 6.08 Å². The third-order valence-corrected chi connectivity index (χ3v) is 1.52. The van der Waals surface area contributed by atoms with Crippen LogP contribution in [0.15, 0.2) is 43.0 Å². The van der Waals surface area contributed by atoms with E-state index in [1.807, 2.05) is 6.07 Å². The van der Waals surface area contributed by atoms with Gasteiger partial charge in [-0.15, -0.1) is 6.58 Å². The van der Waals surface area contributed by atoms with Gasteiger partial charge in [0.2, 0.25) is 0 Å². The van der Waals surface area contributed by atoms with Gasteiger partial charge in [0.25, 0.3) is 0 Å². The second-order valence-electron chi connectivity index (χ2n) is 2.34. The molecule has 7 heteroatoms. The second kappa shape index (κ2) is 8.86. The molecule has 0 heterocycles. The predicted molar refractivity (Wildman–Crippen MR) is 60.8 cm³/mol. The first kappa shape index (κ1) is 17.0. The number of hydrogen-bond acceptors (Lipinski definition) is 5. The number of aromatic hydroxyl groups is 1. The average Bonchev–Trinajstić information content (AvgIpc) is 2.16. The van der Waals surface area contributed by atoms with Crippen molar-refractivity contribution < 1.29 is 22.3 Å². The summed E-state index contributed by atoms with van der Waals surface area (Å²) in [6.07, 6.45) is 1.22. The molecular weight excluding hydrogens is 234 g/mol. The van der Waals surface area contributed by atoms with Crippen LogP contribution in [0, 0.1) is 0 Å². The van der Waals surface area contributed by atoms with Crippen molar-refractivity contribution in [2.75, 3.05) is 6.61 Å². The van der Waals surface area contributed by atoms with Gasteiger partial charge in [-0.25, -0.2) is 4.18 Å². The lowest BCUT2D eigenvalue weighted by molar-refractivity contribution is 0.296. The molecule has 0 radical (unpaired) electrons. The van der Waals surface area contributed by atoms with E-state index < -0.39 is 10.4 Å². The molecule has 1 aromatic carbocycles. The van der Waals surface area contributed by atoms with Crippen molar-refractivity contribution in [3.8, 4) is 5.75 Å². The maximum atomic E-state index is 9.68. The summed E-state index contributed by atoms with van der Waals surface area (Å²) in [4.78, 5) is 0. The van der Waals surface area contributed by atoms with E-state index in [1.54, 1.807) is 24.3 Å². The SMILES string of the molecule is C=CCOS(=O)(=O)O.N.Oc1ccccc1. The standard InChI is InChI=1S/C6H6O.C3H6O4S.H3N/c7-6-4-2-1-3-5-6;1-2-3-7-8(4,5)6;/h1-5,7H;2H,1,3H2,(H,4,5,6);1H3. The summed E-state index contributed by atoms with van der Waals surface area (Å²) >= 11 is 0. The fourth-order valence-electron chi connectivity index (χ4n) is 0.562. The highest BCUT2D eigenvalue weighted by Crippen LogP contribution is 2.02. The highest BCUT2D eigenvalue weighted by molar-refractivity contribution is 7.80. The number of phenolic OH excluding ortho intramolecular Hbond substituents is 1. The zero-order chi connectivity index (χ0) is 11.7. The molecule has 0 fully saturated rings. The Labute approximate surface area is 94.7 Å². The second-order valence-corrected chi connectivity index (χ2v) is 3.43. The third kappa shape index (κ3) is 12.6. The summed E-state index contributed by atoms with van der Waals surface area (Å²) in [7, 11) is -4.26. The molecule has 0 saturated heterocycles. The number of rotatable bonds is 3. The lowest BCUT2D eigenvalue weighted by Gasteiger charge is -1.90. The lowest BCUT2D eigenvalue weighted by atomic mass is 10.3. The van der Waals surface area contributed by atoms with Gasteiger partial charge in [0.05, 0.1) is 6.61 Å². The number of phenols is 1. The first-order valence-electron chi connectivity index (χ1n) is 3.92. The van der Waals surface area contributed by atoms with E-state index in [4.69, 9.17) is 9.66 Å². The summed E-state index contributed by atoms with van der Waals surface area (Å²) in [5.41, 5.74) is 0. The Kier molecular flexibility index (Phi) is 9.42. The van der Waals surface area contributed by atoms with Crippen molar-refractivity contribution in [2.45, 2.75) is 0 Å². The van der Waals surface area contributed by atoms with Crippen LogP contribution in [-0.4, -0.2) is 24.7 Å². The molecule has 1 rings (SSSR count). The molecule has 0 spiro atoms. The van der Waals surface area contributed by atoms with E-state index in [9.17, 15) is 8.42 Å². The molecule has 1 aromatic rings. The summed E-state index contributed by atoms with van der Waals surface area (Å²) in [5.74, 6) is 0.322. The smallest absolute Gasteiger partial charge is 0.397 e. The zero-order valence-corrected chi connectivity index (χ0v) is 9.43. The highest BCUT2D eigenvalue weighted by Gasteiger charge is 1.99. The highest BCUT2D eigenvalue weighted by atomic mass is 32.3. The molecule has 0 bridgehead atoms. The topological polar surface area (TPSA) is 119 Å². The first-order chi connectivity index (χ1) is 6.95. The molecule has 0 saturated carbocycles. The van der Waals surface area contributed by atoms with Crippen LogP contribution in [0.3, 0.4) is 0 Å². The zero-order valence-electron chi connectivity index (χ0n) is 8.61. The first-order valence-corrected chi connectivity index (χ1v) is 5.29. The number of benzene rings is 1. The summed E-state index contributed by atoms with van der Waals surface area (Å²) in [5, 5.41) is 8.63. The minimum atomic E-state index is -4.26. The molecule has 0 aliphatic heterocycles. The van der Waals surface area contributed by atoms with Gasteiger partial charge in [0.15, 0.2) is 0 Å². The largest absolute Gasteiger partial charge is 0.508 e. The van der Waals surface area contributed by atoms with Crippen LogP contribution in [0.2, 0.25) is 0 Å². The van der Waals surface area contributed by atoms with Gasteiger partial charge >= 0.3 is 10.4 Å². The molecule has 5 N–H and O–H groups in total. The third-order valence-electron chi connectivity index (χ3n) is 1.09. The average molecular weight is 249 g/mol. The Morgan fingerprint density at radius 2 is 1.81 bits per heavy atom. The van der Waals surface area contributed by atoms with Crippen LogP contribution >= 0.6 is 0 Å². The Morgan fingerprint density at radius 1 is 1.31 bits per heavy atom. The van der Waals surface area contributed by atoms with E-state index in [0.717, 1.165) is 0 Å². The van der Waals surface area contributed by atoms with Crippen molar-refractivity contribution in [1.82, 2.24) is 6.15 Å². The van der Waals surface area contributed by atoms with Crippen LogP contribution < -0.4 is 6.15 Å². The Balaban J connectivity index is 0. The van der Waals surface area contributed by atoms with Crippen molar-refractivity contribution in [3.05, 3.63) is 43.0 Å². The van der Waals surface area contributed by atoms with Crippen molar-refractivity contribution in [1.29, 1.82) is 0 Å². The molecule has 0 aromatic heterocycles. The van der Waals surface area contributed by atoms with Gasteiger partial charge in [-0.3, -0.25) is 4.55 Å². The molecule has 0 atom stereocenters. The minimum absolute atomic E-state index is 0. The molecule has 92 valence electrons. The molecule has 0 aliphatic rings. The van der Waals surface area contributed by atoms with Gasteiger partial charge in [-0.05, 0) is 12.1 Å². The van der Waals surface area contributed by atoms with Crippen LogP contribution in [-0.2, 0) is 14.6 Å². The van der Waals surface area contributed by atoms with Crippen LogP contribution in [0.5, 0.6) is 5.75 Å². The van der Waals surface area contributed by atoms with Crippen LogP contribution in [0.4, 0.5) is 0 Å². The normalized spacial score (nSPS) is 9.31. The van der Waals surface area contributed by atoms with Gasteiger partial charge in [-0.2, -0.15) is 8.42 Å². The molecule has 16 heavy (non-hydrogen) atoms. The monoisotopic (exact) mass is 249 g/mol. The van der Waals surface area contributed by atoms with Crippen molar-refractivity contribution in [2.24, 2.45) is 0 Å². The van der Waals surface area contributed by atoms with E-state index in [-0.39, 0.29) is 12.8 Å². The lowest BCUT2D eigenvalue weighted by Crippen LogP contribution is -2.02. The Bertz CT molecular complexity index is 376.